The molecule has 6 nitrogen and oxygen atoms in total. The van der Waals surface area contributed by atoms with Gasteiger partial charge in [0.25, 0.3) is 5.91 Å². The predicted octanol–water partition coefficient (Wildman–Crippen LogP) is 2.47. The van der Waals surface area contributed by atoms with Gasteiger partial charge in [-0.3, -0.25) is 4.79 Å². The van der Waals surface area contributed by atoms with Crippen LogP contribution in [-0.2, 0) is 6.61 Å². The molecule has 2 aromatic rings. The van der Waals surface area contributed by atoms with Crippen molar-refractivity contribution in [2.45, 2.75) is 27.4 Å². The molecule has 0 aliphatic rings. The second kappa shape index (κ2) is 7.97. The number of aryl methyl sites for hydroxylation is 3. The van der Waals surface area contributed by atoms with Crippen LogP contribution in [-0.4, -0.2) is 43.1 Å². The summed E-state index contributed by atoms with van der Waals surface area (Å²) >= 11 is 0. The standard InChI is InChI=1S/C18H25N3O3/c1-12-6-7-13(2)16(10-12)23-11-15-14(3)24-20-17(15)18(22)19-8-9-21(4)5/h6-7,10H,8-9,11H2,1-5H3,(H,19,22). The molecule has 0 saturated heterocycles. The first kappa shape index (κ1) is 18.0. The Hall–Kier alpha value is -2.34. The van der Waals surface area contributed by atoms with Crippen molar-refractivity contribution in [2.75, 3.05) is 27.2 Å². The monoisotopic (exact) mass is 331 g/mol. The van der Waals surface area contributed by atoms with Crippen LogP contribution < -0.4 is 10.1 Å². The Balaban J connectivity index is 2.06. The summed E-state index contributed by atoms with van der Waals surface area (Å²) < 4.78 is 11.1. The Morgan fingerprint density at radius 3 is 2.75 bits per heavy atom. The van der Waals surface area contributed by atoms with Crippen LogP contribution in [0.1, 0.15) is 32.9 Å². The number of amides is 1. The third kappa shape index (κ3) is 4.58. The largest absolute Gasteiger partial charge is 0.488 e. The van der Waals surface area contributed by atoms with Gasteiger partial charge < -0.3 is 19.5 Å². The Morgan fingerprint density at radius 1 is 1.29 bits per heavy atom. The van der Waals surface area contributed by atoms with Crippen LogP contribution in [0.15, 0.2) is 22.7 Å². The van der Waals surface area contributed by atoms with Gasteiger partial charge in [-0.2, -0.15) is 0 Å². The van der Waals surface area contributed by atoms with Crippen LogP contribution in [0.4, 0.5) is 0 Å². The van der Waals surface area contributed by atoms with Crippen molar-refractivity contribution in [1.29, 1.82) is 0 Å². The molecule has 0 aliphatic carbocycles. The van der Waals surface area contributed by atoms with Gasteiger partial charge >= 0.3 is 0 Å². The molecule has 0 spiro atoms. The van der Waals surface area contributed by atoms with Crippen molar-refractivity contribution in [3.05, 3.63) is 46.3 Å². The first-order chi connectivity index (χ1) is 11.4. The fourth-order valence-electron chi connectivity index (χ4n) is 2.23. The van der Waals surface area contributed by atoms with Crippen LogP contribution in [0.25, 0.3) is 0 Å². The average Bonchev–Trinajstić information content (AvgIpc) is 2.89. The molecule has 0 fully saturated rings. The van der Waals surface area contributed by atoms with Gasteiger partial charge in [-0.15, -0.1) is 0 Å². The Labute approximate surface area is 142 Å². The van der Waals surface area contributed by atoms with E-state index in [1.54, 1.807) is 6.92 Å². The van der Waals surface area contributed by atoms with Crippen molar-refractivity contribution >= 4 is 5.91 Å². The minimum absolute atomic E-state index is 0.242. The zero-order valence-electron chi connectivity index (χ0n) is 15.0. The second-order valence-electron chi connectivity index (χ2n) is 6.18. The van der Waals surface area contributed by atoms with E-state index in [4.69, 9.17) is 9.26 Å². The molecule has 0 unspecified atom stereocenters. The maximum absolute atomic E-state index is 12.3. The molecule has 0 aliphatic heterocycles. The molecule has 0 saturated carbocycles. The van der Waals surface area contributed by atoms with Crippen molar-refractivity contribution in [2.24, 2.45) is 0 Å². The number of carbonyl (C=O) groups is 1. The summed E-state index contributed by atoms with van der Waals surface area (Å²) in [6, 6.07) is 6.03. The maximum atomic E-state index is 12.3. The van der Waals surface area contributed by atoms with Gasteiger partial charge in [0.15, 0.2) is 5.69 Å². The molecular weight excluding hydrogens is 306 g/mol. The first-order valence-electron chi connectivity index (χ1n) is 7.96. The van der Waals surface area contributed by atoms with Gasteiger partial charge in [-0.05, 0) is 52.1 Å². The number of likely N-dealkylation sites (N-methyl/N-ethyl adjacent to an activating group) is 1. The van der Waals surface area contributed by atoms with Crippen LogP contribution in [0.3, 0.4) is 0 Å². The summed E-state index contributed by atoms with van der Waals surface area (Å²) in [7, 11) is 3.91. The van der Waals surface area contributed by atoms with E-state index < -0.39 is 0 Å². The quantitative estimate of drug-likeness (QED) is 0.844. The summed E-state index contributed by atoms with van der Waals surface area (Å²) in [5.74, 6) is 1.15. The Kier molecular flexibility index (Phi) is 5.98. The number of benzene rings is 1. The first-order valence-corrected chi connectivity index (χ1v) is 7.96. The summed E-state index contributed by atoms with van der Waals surface area (Å²) in [6.07, 6.45) is 0. The van der Waals surface area contributed by atoms with E-state index in [1.807, 2.05) is 51.0 Å². The van der Waals surface area contributed by atoms with Gasteiger partial charge in [0, 0.05) is 13.1 Å². The molecular formula is C18H25N3O3. The summed E-state index contributed by atoms with van der Waals surface area (Å²) in [4.78, 5) is 14.3. The average molecular weight is 331 g/mol. The lowest BCUT2D eigenvalue weighted by molar-refractivity contribution is 0.0940. The van der Waals surface area contributed by atoms with Gasteiger partial charge in [0.1, 0.15) is 18.1 Å². The number of aromatic nitrogens is 1. The van der Waals surface area contributed by atoms with Gasteiger partial charge in [-0.1, -0.05) is 17.3 Å². The molecule has 130 valence electrons. The Morgan fingerprint density at radius 2 is 2.04 bits per heavy atom. The predicted molar refractivity (Wildman–Crippen MR) is 92.4 cm³/mol. The SMILES string of the molecule is Cc1ccc(C)c(OCc2c(C(=O)NCCN(C)C)noc2C)c1. The van der Waals surface area contributed by atoms with E-state index in [0.717, 1.165) is 23.4 Å². The maximum Gasteiger partial charge on any atom is 0.273 e. The zero-order valence-corrected chi connectivity index (χ0v) is 15.0. The molecule has 1 amide bonds. The normalized spacial score (nSPS) is 10.9. The molecule has 6 heteroatoms. The number of nitrogens with zero attached hydrogens (tertiary/aromatic N) is 2. The van der Waals surface area contributed by atoms with Gasteiger partial charge in [-0.25, -0.2) is 0 Å². The fourth-order valence-corrected chi connectivity index (χ4v) is 2.23. The number of hydrogen-bond acceptors (Lipinski definition) is 5. The number of rotatable bonds is 7. The molecule has 24 heavy (non-hydrogen) atoms. The third-order valence-corrected chi connectivity index (χ3v) is 3.76. The van der Waals surface area contributed by atoms with Crippen molar-refractivity contribution in [3.8, 4) is 5.75 Å². The van der Waals surface area contributed by atoms with E-state index >= 15 is 0 Å². The highest BCUT2D eigenvalue weighted by Crippen LogP contribution is 2.22. The minimum atomic E-state index is -0.242. The number of hydrogen-bond donors (Lipinski definition) is 1. The number of nitrogens with one attached hydrogen (secondary N) is 1. The van der Waals surface area contributed by atoms with Gasteiger partial charge in [0.05, 0.1) is 5.56 Å². The lowest BCUT2D eigenvalue weighted by atomic mass is 10.1. The molecule has 1 aromatic heterocycles. The topological polar surface area (TPSA) is 67.6 Å². The van der Waals surface area contributed by atoms with Crippen LogP contribution in [0.2, 0.25) is 0 Å². The molecule has 0 bridgehead atoms. The van der Waals surface area contributed by atoms with Crippen LogP contribution >= 0.6 is 0 Å². The molecule has 1 aromatic carbocycles. The van der Waals surface area contributed by atoms with Crippen molar-refractivity contribution < 1.29 is 14.1 Å². The number of ether oxygens (including phenoxy) is 1. The summed E-state index contributed by atoms with van der Waals surface area (Å²) in [5.41, 5.74) is 3.14. The molecule has 1 N–H and O–H groups in total. The molecule has 0 atom stereocenters. The van der Waals surface area contributed by atoms with E-state index in [-0.39, 0.29) is 18.2 Å². The van der Waals surface area contributed by atoms with E-state index in [1.165, 1.54) is 0 Å². The van der Waals surface area contributed by atoms with Crippen LogP contribution in [0, 0.1) is 20.8 Å². The fraction of sp³-hybridized carbons (Fsp3) is 0.444. The third-order valence-electron chi connectivity index (χ3n) is 3.76. The second-order valence-corrected chi connectivity index (χ2v) is 6.18. The minimum Gasteiger partial charge on any atom is -0.488 e. The summed E-state index contributed by atoms with van der Waals surface area (Å²) in [6.45, 7) is 7.35. The Bertz CT molecular complexity index is 708. The molecule has 2 rings (SSSR count). The van der Waals surface area contributed by atoms with Gasteiger partial charge in [0.2, 0.25) is 0 Å². The summed E-state index contributed by atoms with van der Waals surface area (Å²) in [5, 5.41) is 6.73. The highest BCUT2D eigenvalue weighted by Gasteiger charge is 2.20. The smallest absolute Gasteiger partial charge is 0.273 e. The highest BCUT2D eigenvalue weighted by molar-refractivity contribution is 5.93. The number of carbonyl (C=O) groups excluding carboxylic acids is 1. The van der Waals surface area contributed by atoms with Crippen LogP contribution in [0.5, 0.6) is 5.75 Å². The highest BCUT2D eigenvalue weighted by atomic mass is 16.5. The van der Waals surface area contributed by atoms with E-state index in [0.29, 0.717) is 17.9 Å². The zero-order chi connectivity index (χ0) is 17.7. The lowest BCUT2D eigenvalue weighted by Crippen LogP contribution is -2.32. The van der Waals surface area contributed by atoms with Crippen molar-refractivity contribution in [1.82, 2.24) is 15.4 Å². The van der Waals surface area contributed by atoms with E-state index in [2.05, 4.69) is 10.5 Å². The lowest BCUT2D eigenvalue weighted by Gasteiger charge is -2.11. The molecule has 0 radical (unpaired) electrons. The van der Waals surface area contributed by atoms with E-state index in [9.17, 15) is 4.79 Å². The van der Waals surface area contributed by atoms with Crippen molar-refractivity contribution in [3.63, 3.8) is 0 Å². The molecule has 1 heterocycles.